The lowest BCUT2D eigenvalue weighted by molar-refractivity contribution is -0.385. The maximum absolute atomic E-state index is 14.0. The van der Waals surface area contributed by atoms with E-state index in [2.05, 4.69) is 22.0 Å². The van der Waals surface area contributed by atoms with Crippen molar-refractivity contribution in [3.8, 4) is 0 Å². The van der Waals surface area contributed by atoms with Crippen LogP contribution in [0.25, 0.3) is 0 Å². The molecule has 1 aliphatic rings. The predicted molar refractivity (Wildman–Crippen MR) is 113 cm³/mol. The molecule has 0 unspecified atom stereocenters. The van der Waals surface area contributed by atoms with Crippen LogP contribution in [0.3, 0.4) is 0 Å². The summed E-state index contributed by atoms with van der Waals surface area (Å²) in [4.78, 5) is 27.7. The van der Waals surface area contributed by atoms with E-state index < -0.39 is 22.3 Å². The summed E-state index contributed by atoms with van der Waals surface area (Å²) in [7, 11) is 0. The summed E-state index contributed by atoms with van der Waals surface area (Å²) in [5.74, 6) is -1.30. The van der Waals surface area contributed by atoms with Crippen molar-refractivity contribution in [1.82, 2.24) is 15.1 Å². The summed E-state index contributed by atoms with van der Waals surface area (Å²) in [6.45, 7) is 9.73. The Labute approximate surface area is 175 Å². The first kappa shape index (κ1) is 21.9. The number of nitro benzene ring substituents is 1. The number of nitro groups is 1. The number of hydrogen-bond donors (Lipinski definition) is 1. The summed E-state index contributed by atoms with van der Waals surface area (Å²) in [6, 6.07) is 10.0. The Morgan fingerprint density at radius 2 is 1.77 bits per heavy atom. The van der Waals surface area contributed by atoms with Gasteiger partial charge >= 0.3 is 0 Å². The molecule has 1 heterocycles. The minimum absolute atomic E-state index is 0.0574. The Bertz CT molecular complexity index is 927. The smallest absolute Gasteiger partial charge is 0.276 e. The summed E-state index contributed by atoms with van der Waals surface area (Å²) in [5, 5.41) is 13.9. The fourth-order valence-electron chi connectivity index (χ4n) is 3.65. The Morgan fingerprint density at radius 3 is 2.40 bits per heavy atom. The van der Waals surface area contributed by atoms with Gasteiger partial charge in [-0.05, 0) is 30.7 Å². The first-order valence-corrected chi connectivity index (χ1v) is 10.1. The molecule has 0 spiro atoms. The zero-order valence-corrected chi connectivity index (χ0v) is 17.4. The Kier molecular flexibility index (Phi) is 7.12. The standard InChI is InChI=1S/C22H27FN4O3/c1-3-25-8-10-26(11-9-25)15-18-7-5-4-6-17(18)14-24-22(28)19-12-20(23)16(2)21(13-19)27(29)30/h4-7,12-13H,3,8-11,14-15H2,1-2H3,(H,24,28). The Morgan fingerprint density at radius 1 is 1.13 bits per heavy atom. The molecule has 30 heavy (non-hydrogen) atoms. The number of rotatable bonds is 7. The number of halogens is 1. The van der Waals surface area contributed by atoms with Crippen LogP contribution in [0.5, 0.6) is 0 Å². The van der Waals surface area contributed by atoms with Crippen molar-refractivity contribution in [2.45, 2.75) is 26.9 Å². The van der Waals surface area contributed by atoms with E-state index in [-0.39, 0.29) is 17.7 Å². The molecule has 0 bridgehead atoms. The number of carbonyl (C=O) groups is 1. The highest BCUT2D eigenvalue weighted by Gasteiger charge is 2.20. The van der Waals surface area contributed by atoms with Crippen LogP contribution in [-0.2, 0) is 13.1 Å². The molecule has 8 heteroatoms. The molecule has 3 rings (SSSR count). The summed E-state index contributed by atoms with van der Waals surface area (Å²) < 4.78 is 14.0. The molecule has 1 fully saturated rings. The van der Waals surface area contributed by atoms with E-state index in [1.165, 1.54) is 6.92 Å². The van der Waals surface area contributed by atoms with Crippen LogP contribution in [0, 0.1) is 22.9 Å². The lowest BCUT2D eigenvalue weighted by Gasteiger charge is -2.34. The van der Waals surface area contributed by atoms with Gasteiger partial charge in [-0.15, -0.1) is 0 Å². The molecule has 1 aliphatic heterocycles. The van der Waals surface area contributed by atoms with Gasteiger partial charge in [-0.3, -0.25) is 19.8 Å². The first-order valence-electron chi connectivity index (χ1n) is 10.1. The number of likely N-dealkylation sites (N-methyl/N-ethyl adjacent to an activating group) is 1. The Hall–Kier alpha value is -2.84. The normalized spacial score (nSPS) is 15.2. The van der Waals surface area contributed by atoms with Gasteiger partial charge in [0, 0.05) is 50.9 Å². The van der Waals surface area contributed by atoms with E-state index in [0.29, 0.717) is 0 Å². The quantitative estimate of drug-likeness (QED) is 0.556. The monoisotopic (exact) mass is 414 g/mol. The number of piperazine rings is 1. The van der Waals surface area contributed by atoms with Gasteiger partial charge in [0.15, 0.2) is 0 Å². The summed E-state index contributed by atoms with van der Waals surface area (Å²) >= 11 is 0. The number of amides is 1. The largest absolute Gasteiger partial charge is 0.348 e. The van der Waals surface area contributed by atoms with Gasteiger partial charge in [0.1, 0.15) is 5.82 Å². The summed E-state index contributed by atoms with van der Waals surface area (Å²) in [6.07, 6.45) is 0. The van der Waals surface area contributed by atoms with Crippen molar-refractivity contribution < 1.29 is 14.1 Å². The van der Waals surface area contributed by atoms with Crippen molar-refractivity contribution in [3.63, 3.8) is 0 Å². The number of hydrogen-bond acceptors (Lipinski definition) is 5. The van der Waals surface area contributed by atoms with Gasteiger partial charge in [-0.1, -0.05) is 31.2 Å². The SMILES string of the molecule is CCN1CCN(Cc2ccccc2CNC(=O)c2cc(F)c(C)c([N+](=O)[O-])c2)CC1. The van der Waals surface area contributed by atoms with E-state index in [1.54, 1.807) is 0 Å². The van der Waals surface area contributed by atoms with E-state index in [0.717, 1.165) is 62.5 Å². The van der Waals surface area contributed by atoms with Gasteiger partial charge in [-0.25, -0.2) is 4.39 Å². The van der Waals surface area contributed by atoms with Crippen LogP contribution in [0.1, 0.15) is 34.0 Å². The van der Waals surface area contributed by atoms with Crippen LogP contribution in [-0.4, -0.2) is 53.4 Å². The average molecular weight is 414 g/mol. The lowest BCUT2D eigenvalue weighted by Crippen LogP contribution is -2.45. The highest BCUT2D eigenvalue weighted by atomic mass is 19.1. The fraction of sp³-hybridized carbons (Fsp3) is 0.409. The molecule has 160 valence electrons. The molecule has 1 amide bonds. The van der Waals surface area contributed by atoms with Gasteiger partial charge < -0.3 is 10.2 Å². The third-order valence-corrected chi connectivity index (χ3v) is 5.64. The van der Waals surface area contributed by atoms with Crippen LogP contribution >= 0.6 is 0 Å². The molecular weight excluding hydrogens is 387 g/mol. The number of nitrogens with one attached hydrogen (secondary N) is 1. The summed E-state index contributed by atoms with van der Waals surface area (Å²) in [5.41, 5.74) is 1.57. The zero-order valence-electron chi connectivity index (χ0n) is 17.4. The number of benzene rings is 2. The lowest BCUT2D eigenvalue weighted by atomic mass is 10.1. The molecule has 0 atom stereocenters. The maximum atomic E-state index is 14.0. The van der Waals surface area contributed by atoms with Gasteiger partial charge in [0.05, 0.1) is 10.5 Å². The first-order chi connectivity index (χ1) is 14.4. The van der Waals surface area contributed by atoms with Gasteiger partial charge in [0.25, 0.3) is 11.6 Å². The van der Waals surface area contributed by atoms with Crippen LogP contribution < -0.4 is 5.32 Å². The minimum atomic E-state index is -0.763. The van der Waals surface area contributed by atoms with Crippen LogP contribution in [0.4, 0.5) is 10.1 Å². The van der Waals surface area contributed by atoms with Crippen molar-refractivity contribution in [1.29, 1.82) is 0 Å². The molecule has 7 nitrogen and oxygen atoms in total. The second-order valence-electron chi connectivity index (χ2n) is 7.52. The molecular formula is C22H27FN4O3. The fourth-order valence-corrected chi connectivity index (χ4v) is 3.65. The van der Waals surface area contributed by atoms with Crippen LogP contribution in [0.2, 0.25) is 0 Å². The van der Waals surface area contributed by atoms with Gasteiger partial charge in [-0.2, -0.15) is 0 Å². The average Bonchev–Trinajstić information content (AvgIpc) is 2.75. The van der Waals surface area contributed by atoms with E-state index in [1.807, 2.05) is 24.3 Å². The van der Waals surface area contributed by atoms with Crippen molar-refractivity contribution in [3.05, 3.63) is 74.6 Å². The molecule has 2 aromatic rings. The second-order valence-corrected chi connectivity index (χ2v) is 7.52. The molecule has 0 radical (unpaired) electrons. The van der Waals surface area contributed by atoms with Crippen LogP contribution in [0.15, 0.2) is 36.4 Å². The highest BCUT2D eigenvalue weighted by molar-refractivity contribution is 5.95. The molecule has 1 saturated heterocycles. The predicted octanol–water partition coefficient (Wildman–Crippen LogP) is 3.11. The molecule has 2 aromatic carbocycles. The minimum Gasteiger partial charge on any atom is -0.348 e. The number of nitrogens with zero attached hydrogens (tertiary/aromatic N) is 3. The van der Waals surface area contributed by atoms with Crippen molar-refractivity contribution >= 4 is 11.6 Å². The number of carbonyl (C=O) groups excluding carboxylic acids is 1. The van der Waals surface area contributed by atoms with E-state index in [4.69, 9.17) is 0 Å². The molecule has 0 saturated carbocycles. The van der Waals surface area contributed by atoms with E-state index in [9.17, 15) is 19.3 Å². The van der Waals surface area contributed by atoms with Gasteiger partial charge in [0.2, 0.25) is 0 Å². The third kappa shape index (κ3) is 5.20. The highest BCUT2D eigenvalue weighted by Crippen LogP contribution is 2.23. The second kappa shape index (κ2) is 9.77. The third-order valence-electron chi connectivity index (χ3n) is 5.64. The Balaban J connectivity index is 1.67. The topological polar surface area (TPSA) is 78.7 Å². The molecule has 1 N–H and O–H groups in total. The maximum Gasteiger partial charge on any atom is 0.276 e. The van der Waals surface area contributed by atoms with Crippen molar-refractivity contribution in [2.24, 2.45) is 0 Å². The van der Waals surface area contributed by atoms with E-state index >= 15 is 0 Å². The molecule has 0 aromatic heterocycles. The van der Waals surface area contributed by atoms with Crippen molar-refractivity contribution in [2.75, 3.05) is 32.7 Å². The zero-order chi connectivity index (χ0) is 21.7. The molecule has 0 aliphatic carbocycles.